The van der Waals surface area contributed by atoms with Gasteiger partial charge in [0.25, 0.3) is 0 Å². The third-order valence-electron chi connectivity index (χ3n) is 3.79. The fraction of sp³-hybridized carbons (Fsp3) is 0.565. The van der Waals surface area contributed by atoms with Gasteiger partial charge in [0.2, 0.25) is 0 Å². The van der Waals surface area contributed by atoms with E-state index in [2.05, 4.69) is 0 Å². The van der Waals surface area contributed by atoms with Crippen molar-refractivity contribution in [1.82, 2.24) is 4.90 Å². The summed E-state index contributed by atoms with van der Waals surface area (Å²) in [7, 11) is 0. The van der Waals surface area contributed by atoms with E-state index in [0.717, 1.165) is 5.56 Å². The van der Waals surface area contributed by atoms with E-state index >= 15 is 0 Å². The first-order chi connectivity index (χ1) is 14.3. The molecule has 31 heavy (non-hydrogen) atoms. The van der Waals surface area contributed by atoms with Crippen molar-refractivity contribution in [3.05, 3.63) is 35.9 Å². The van der Waals surface area contributed by atoms with Gasteiger partial charge >= 0.3 is 18.2 Å². The molecule has 1 rings (SSSR count). The molecule has 8 heteroatoms. The predicted molar refractivity (Wildman–Crippen MR) is 114 cm³/mol. The summed E-state index contributed by atoms with van der Waals surface area (Å²) in [5.41, 5.74) is -1.05. The average molecular weight is 436 g/mol. The molecule has 0 saturated carbocycles. The molecular weight excluding hydrogens is 402 g/mol. The number of carbonyl (C=O) groups excluding carboxylic acids is 4. The van der Waals surface area contributed by atoms with Crippen LogP contribution in [0.25, 0.3) is 0 Å². The van der Waals surface area contributed by atoms with Crippen LogP contribution in [0.1, 0.15) is 66.4 Å². The zero-order valence-corrected chi connectivity index (χ0v) is 19.2. The van der Waals surface area contributed by atoms with Gasteiger partial charge in [-0.2, -0.15) is 4.90 Å². The number of carbonyl (C=O) groups is 4. The summed E-state index contributed by atoms with van der Waals surface area (Å²) in [5.74, 6) is -0.786. The van der Waals surface area contributed by atoms with Crippen molar-refractivity contribution in [2.24, 2.45) is 0 Å². The molecule has 0 aliphatic carbocycles. The molecule has 0 fully saturated rings. The molecular formula is C23H33NO7. The number of hydrogen-bond donors (Lipinski definition) is 0. The highest BCUT2D eigenvalue weighted by atomic mass is 16.6. The molecule has 0 N–H and O–H groups in total. The molecule has 0 radical (unpaired) electrons. The van der Waals surface area contributed by atoms with Crippen LogP contribution >= 0.6 is 0 Å². The van der Waals surface area contributed by atoms with E-state index in [-0.39, 0.29) is 25.9 Å². The Bertz CT molecular complexity index is 719. The van der Waals surface area contributed by atoms with Gasteiger partial charge in [0.1, 0.15) is 30.1 Å². The summed E-state index contributed by atoms with van der Waals surface area (Å²) >= 11 is 0. The fourth-order valence-electron chi connectivity index (χ4n) is 2.52. The second-order valence-electron chi connectivity index (χ2n) is 9.04. The molecule has 0 unspecified atom stereocenters. The van der Waals surface area contributed by atoms with Gasteiger partial charge in [-0.1, -0.05) is 30.3 Å². The number of aldehydes is 1. The molecule has 0 aliphatic rings. The SMILES string of the molecule is CC(C)(C)OC(=O)N(C(=O)OC(C)(C)C)[C@@H](CCCC=O)C(=O)OCc1ccccc1. The Morgan fingerprint density at radius 3 is 1.90 bits per heavy atom. The number of amides is 2. The van der Waals surface area contributed by atoms with Crippen molar-refractivity contribution in [2.45, 2.75) is 84.7 Å². The Balaban J connectivity index is 3.17. The monoisotopic (exact) mass is 435 g/mol. The molecule has 0 aliphatic heterocycles. The summed E-state index contributed by atoms with van der Waals surface area (Å²) in [6.07, 6.45) is -0.859. The maximum atomic E-state index is 12.9. The molecule has 0 aromatic heterocycles. The number of unbranched alkanes of at least 4 members (excludes halogenated alkanes) is 1. The second-order valence-corrected chi connectivity index (χ2v) is 9.04. The first-order valence-electron chi connectivity index (χ1n) is 10.2. The maximum Gasteiger partial charge on any atom is 0.420 e. The minimum Gasteiger partial charge on any atom is -0.459 e. The van der Waals surface area contributed by atoms with Gasteiger partial charge in [0, 0.05) is 6.42 Å². The molecule has 8 nitrogen and oxygen atoms in total. The molecule has 1 aromatic carbocycles. The Kier molecular flexibility index (Phi) is 9.68. The minimum atomic E-state index is -1.30. The van der Waals surface area contributed by atoms with Crippen molar-refractivity contribution in [3.63, 3.8) is 0 Å². The van der Waals surface area contributed by atoms with Gasteiger partial charge in [0.05, 0.1) is 0 Å². The third-order valence-corrected chi connectivity index (χ3v) is 3.79. The third kappa shape index (κ3) is 10.1. The summed E-state index contributed by atoms with van der Waals surface area (Å²) in [5, 5.41) is 0. The highest BCUT2D eigenvalue weighted by Crippen LogP contribution is 2.20. The molecule has 172 valence electrons. The normalized spacial score (nSPS) is 12.5. The molecule has 0 heterocycles. The van der Waals surface area contributed by atoms with E-state index < -0.39 is 35.4 Å². The molecule has 2 amide bonds. The zero-order chi connectivity index (χ0) is 23.7. The lowest BCUT2D eigenvalue weighted by atomic mass is 10.1. The van der Waals surface area contributed by atoms with Crippen molar-refractivity contribution >= 4 is 24.4 Å². The molecule has 0 saturated heterocycles. The van der Waals surface area contributed by atoms with Crippen molar-refractivity contribution in [3.8, 4) is 0 Å². The predicted octanol–water partition coefficient (Wildman–Crippen LogP) is 4.64. The first-order valence-corrected chi connectivity index (χ1v) is 10.2. The topological polar surface area (TPSA) is 99.2 Å². The molecule has 1 atom stereocenters. The van der Waals surface area contributed by atoms with Crippen LogP contribution < -0.4 is 0 Å². The number of benzene rings is 1. The lowest BCUT2D eigenvalue weighted by Gasteiger charge is -2.32. The van der Waals surface area contributed by atoms with Crippen LogP contribution in [-0.4, -0.2) is 46.6 Å². The van der Waals surface area contributed by atoms with Crippen LogP contribution in [0.5, 0.6) is 0 Å². The van der Waals surface area contributed by atoms with E-state index in [1.165, 1.54) is 0 Å². The highest BCUT2D eigenvalue weighted by Gasteiger charge is 2.40. The number of hydrogen-bond acceptors (Lipinski definition) is 7. The fourth-order valence-corrected chi connectivity index (χ4v) is 2.52. The Morgan fingerprint density at radius 1 is 0.935 bits per heavy atom. The standard InChI is InChI=1S/C23H33NO7/c1-22(2,3)30-20(27)24(21(28)31-23(4,5)6)18(14-10-11-15-25)19(26)29-16-17-12-8-7-9-13-17/h7-9,12-13,15,18H,10-11,14,16H2,1-6H3/t18-/m0/s1. The Labute approximate surface area is 183 Å². The Hall–Kier alpha value is -2.90. The van der Waals surface area contributed by atoms with Crippen LogP contribution in [0.15, 0.2) is 30.3 Å². The van der Waals surface area contributed by atoms with Gasteiger partial charge in [-0.15, -0.1) is 0 Å². The van der Waals surface area contributed by atoms with Gasteiger partial charge < -0.3 is 19.0 Å². The lowest BCUT2D eigenvalue weighted by Crippen LogP contribution is -2.52. The first kappa shape index (κ1) is 26.1. The number of ether oxygens (including phenoxy) is 3. The van der Waals surface area contributed by atoms with E-state index in [4.69, 9.17) is 14.2 Å². The molecule has 0 spiro atoms. The van der Waals surface area contributed by atoms with Crippen LogP contribution in [-0.2, 0) is 30.4 Å². The average Bonchev–Trinajstić information content (AvgIpc) is 2.63. The van der Waals surface area contributed by atoms with Crippen LogP contribution in [0.3, 0.4) is 0 Å². The summed E-state index contributed by atoms with van der Waals surface area (Å²) < 4.78 is 16.1. The molecule has 1 aromatic rings. The highest BCUT2D eigenvalue weighted by molar-refractivity contribution is 5.94. The largest absolute Gasteiger partial charge is 0.459 e. The smallest absolute Gasteiger partial charge is 0.420 e. The van der Waals surface area contributed by atoms with Crippen LogP contribution in [0, 0.1) is 0 Å². The van der Waals surface area contributed by atoms with Gasteiger partial charge in [-0.25, -0.2) is 14.4 Å². The minimum absolute atomic E-state index is 0.0274. The second kappa shape index (κ2) is 11.5. The summed E-state index contributed by atoms with van der Waals surface area (Å²) in [6.45, 7) is 9.85. The van der Waals surface area contributed by atoms with Crippen LogP contribution in [0.2, 0.25) is 0 Å². The van der Waals surface area contributed by atoms with Crippen molar-refractivity contribution in [1.29, 1.82) is 0 Å². The summed E-state index contributed by atoms with van der Waals surface area (Å²) in [4.78, 5) is 50.1. The van der Waals surface area contributed by atoms with E-state index in [0.29, 0.717) is 11.2 Å². The number of esters is 1. The number of rotatable bonds is 8. The van der Waals surface area contributed by atoms with Crippen molar-refractivity contribution < 1.29 is 33.4 Å². The van der Waals surface area contributed by atoms with E-state index in [9.17, 15) is 19.2 Å². The number of imide groups is 1. The number of nitrogens with zero attached hydrogens (tertiary/aromatic N) is 1. The van der Waals surface area contributed by atoms with Gasteiger partial charge in [-0.05, 0) is 59.9 Å². The van der Waals surface area contributed by atoms with Gasteiger partial charge in [-0.3, -0.25) is 0 Å². The van der Waals surface area contributed by atoms with Gasteiger partial charge in [0.15, 0.2) is 0 Å². The quantitative estimate of drug-likeness (QED) is 0.254. The molecule has 0 bridgehead atoms. The zero-order valence-electron chi connectivity index (χ0n) is 19.2. The maximum absolute atomic E-state index is 12.9. The summed E-state index contributed by atoms with van der Waals surface area (Å²) in [6, 6.07) is 7.72. The Morgan fingerprint density at radius 2 is 1.45 bits per heavy atom. The van der Waals surface area contributed by atoms with E-state index in [1.807, 2.05) is 6.07 Å². The van der Waals surface area contributed by atoms with Crippen molar-refractivity contribution in [2.75, 3.05) is 0 Å². The lowest BCUT2D eigenvalue weighted by molar-refractivity contribution is -0.151. The van der Waals surface area contributed by atoms with E-state index in [1.54, 1.807) is 65.8 Å². The van der Waals surface area contributed by atoms with Crippen LogP contribution in [0.4, 0.5) is 9.59 Å².